The highest BCUT2D eigenvalue weighted by molar-refractivity contribution is 5.89. The Morgan fingerprint density at radius 2 is 1.50 bits per heavy atom. The minimum absolute atomic E-state index is 0.190. The molecule has 0 N–H and O–H groups in total. The van der Waals surface area contributed by atoms with Gasteiger partial charge >= 0.3 is 0 Å². The first-order valence-corrected chi connectivity index (χ1v) is 10.7. The van der Waals surface area contributed by atoms with Crippen molar-refractivity contribution in [1.82, 2.24) is 4.57 Å². The molecule has 0 saturated carbocycles. The number of fused-ring (bicyclic) bond motifs is 1. The minimum Gasteiger partial charge on any atom is -0.489 e. The zero-order valence-corrected chi connectivity index (χ0v) is 18.1. The van der Waals surface area contributed by atoms with E-state index < -0.39 is 0 Å². The lowest BCUT2D eigenvalue weighted by molar-refractivity contribution is 0.260. The van der Waals surface area contributed by atoms with Gasteiger partial charge in [-0.3, -0.25) is 4.79 Å². The Hall–Kier alpha value is -2.95. The molecule has 0 radical (unpaired) electrons. The third-order valence-corrected chi connectivity index (χ3v) is 5.02. The quantitative estimate of drug-likeness (QED) is 0.394. The van der Waals surface area contributed by atoms with Crippen molar-refractivity contribution < 1.29 is 14.2 Å². The maximum atomic E-state index is 13.0. The van der Waals surface area contributed by atoms with Gasteiger partial charge in [0.1, 0.15) is 12.4 Å². The summed E-state index contributed by atoms with van der Waals surface area (Å²) in [5.41, 5.74) is 1.67. The molecule has 3 rings (SSSR count). The van der Waals surface area contributed by atoms with E-state index in [1.165, 1.54) is 0 Å². The Morgan fingerprint density at radius 1 is 0.833 bits per heavy atom. The fraction of sp³-hybridized carbons (Fsp3) is 0.400. The van der Waals surface area contributed by atoms with Crippen LogP contribution in [0, 0.1) is 0 Å². The first-order chi connectivity index (χ1) is 14.7. The number of nitrogens with zero attached hydrogens (tertiary/aromatic N) is 1. The Morgan fingerprint density at radius 3 is 2.17 bits per heavy atom. The summed E-state index contributed by atoms with van der Waals surface area (Å²) in [6.07, 6.45) is 3.83. The highest BCUT2D eigenvalue weighted by Gasteiger charge is 2.19. The van der Waals surface area contributed by atoms with E-state index in [-0.39, 0.29) is 5.56 Å². The zero-order valence-electron chi connectivity index (χ0n) is 18.1. The fourth-order valence-corrected chi connectivity index (χ4v) is 3.20. The van der Waals surface area contributed by atoms with Crippen LogP contribution in [0.5, 0.6) is 17.2 Å². The second kappa shape index (κ2) is 10.7. The molecule has 0 aliphatic heterocycles. The van der Waals surface area contributed by atoms with E-state index >= 15 is 0 Å². The first kappa shape index (κ1) is 21.8. The van der Waals surface area contributed by atoms with E-state index in [2.05, 4.69) is 13.8 Å². The Bertz CT molecular complexity index is 1010. The highest BCUT2D eigenvalue weighted by atomic mass is 16.5. The molecule has 0 unspecified atom stereocenters. The number of aryl methyl sites for hydroxylation is 1. The van der Waals surface area contributed by atoms with Gasteiger partial charge in [0, 0.05) is 18.5 Å². The standard InChI is InChI=1S/C25H31NO4/c1-4-6-15-28-23-21-14-13-20(30-18-19-11-9-8-10-12-19)17-22(21)26(3)25(27)24(23)29-16-7-5-2/h8-14,17H,4-7,15-16,18H2,1-3H3. The summed E-state index contributed by atoms with van der Waals surface area (Å²) in [7, 11) is 1.76. The Balaban J connectivity index is 1.96. The van der Waals surface area contributed by atoms with Crippen LogP contribution in [0.25, 0.3) is 10.9 Å². The molecule has 0 bridgehead atoms. The summed E-state index contributed by atoms with van der Waals surface area (Å²) in [5, 5.41) is 0.853. The molecule has 5 nitrogen and oxygen atoms in total. The van der Waals surface area contributed by atoms with Crippen molar-refractivity contribution in [2.75, 3.05) is 13.2 Å². The molecule has 30 heavy (non-hydrogen) atoms. The average molecular weight is 410 g/mol. The van der Waals surface area contributed by atoms with Crippen LogP contribution in [-0.4, -0.2) is 17.8 Å². The molecule has 0 amide bonds. The number of aromatic nitrogens is 1. The first-order valence-electron chi connectivity index (χ1n) is 10.7. The number of rotatable bonds is 11. The maximum Gasteiger partial charge on any atom is 0.297 e. The van der Waals surface area contributed by atoms with Crippen LogP contribution in [0.2, 0.25) is 0 Å². The van der Waals surface area contributed by atoms with E-state index in [0.717, 1.165) is 42.1 Å². The Labute approximate surface area is 178 Å². The molecule has 0 aliphatic rings. The summed E-state index contributed by atoms with van der Waals surface area (Å²) in [5.74, 6) is 1.54. The summed E-state index contributed by atoms with van der Waals surface area (Å²) in [4.78, 5) is 13.0. The van der Waals surface area contributed by atoms with Crippen LogP contribution >= 0.6 is 0 Å². The number of benzene rings is 2. The summed E-state index contributed by atoms with van der Waals surface area (Å²) >= 11 is 0. The van der Waals surface area contributed by atoms with Crippen molar-refractivity contribution in [2.24, 2.45) is 7.05 Å². The predicted octanol–water partition coefficient (Wildman–Crippen LogP) is 5.48. The molecule has 0 aliphatic carbocycles. The summed E-state index contributed by atoms with van der Waals surface area (Å²) in [6, 6.07) is 15.8. The van der Waals surface area contributed by atoms with Gasteiger partial charge < -0.3 is 18.8 Å². The van der Waals surface area contributed by atoms with E-state index in [1.54, 1.807) is 11.6 Å². The SMILES string of the molecule is CCCCOc1c(OCCCC)c2ccc(OCc3ccccc3)cc2n(C)c1=O. The lowest BCUT2D eigenvalue weighted by Gasteiger charge is -2.17. The van der Waals surface area contributed by atoms with Crippen LogP contribution in [0.1, 0.15) is 45.1 Å². The molecule has 0 atom stereocenters. The maximum absolute atomic E-state index is 13.0. The molecule has 2 aromatic carbocycles. The number of unbranched alkanes of at least 4 members (excludes halogenated alkanes) is 2. The third-order valence-electron chi connectivity index (χ3n) is 5.02. The molecule has 0 fully saturated rings. The van der Waals surface area contributed by atoms with E-state index in [1.807, 2.05) is 48.5 Å². The van der Waals surface area contributed by atoms with Gasteiger partial charge in [-0.25, -0.2) is 0 Å². The second-order valence-electron chi connectivity index (χ2n) is 7.38. The van der Waals surface area contributed by atoms with E-state index in [0.29, 0.717) is 37.1 Å². The van der Waals surface area contributed by atoms with E-state index in [9.17, 15) is 4.79 Å². The van der Waals surface area contributed by atoms with Gasteiger partial charge in [-0.15, -0.1) is 0 Å². The molecule has 3 aromatic rings. The normalized spacial score (nSPS) is 10.9. The smallest absolute Gasteiger partial charge is 0.297 e. The largest absolute Gasteiger partial charge is 0.489 e. The lowest BCUT2D eigenvalue weighted by Crippen LogP contribution is -2.21. The molecule has 0 saturated heterocycles. The number of hydrogen-bond acceptors (Lipinski definition) is 4. The summed E-state index contributed by atoms with van der Waals surface area (Å²) < 4.78 is 19.5. The van der Waals surface area contributed by atoms with Gasteiger partial charge in [0.25, 0.3) is 5.56 Å². The van der Waals surface area contributed by atoms with Crippen molar-refractivity contribution >= 4 is 10.9 Å². The van der Waals surface area contributed by atoms with Crippen LogP contribution in [0.4, 0.5) is 0 Å². The molecule has 5 heteroatoms. The molecule has 1 aromatic heterocycles. The van der Waals surface area contributed by atoms with Gasteiger partial charge in [-0.1, -0.05) is 57.0 Å². The van der Waals surface area contributed by atoms with Crippen molar-refractivity contribution in [3.63, 3.8) is 0 Å². The van der Waals surface area contributed by atoms with Gasteiger partial charge in [0.15, 0.2) is 5.75 Å². The molecular formula is C25H31NO4. The van der Waals surface area contributed by atoms with Gasteiger partial charge in [0.05, 0.1) is 18.7 Å². The van der Waals surface area contributed by atoms with Crippen LogP contribution < -0.4 is 19.8 Å². The minimum atomic E-state index is -0.190. The molecule has 160 valence electrons. The third kappa shape index (κ3) is 5.15. The van der Waals surface area contributed by atoms with Crippen molar-refractivity contribution in [3.8, 4) is 17.2 Å². The predicted molar refractivity (Wildman–Crippen MR) is 121 cm³/mol. The fourth-order valence-electron chi connectivity index (χ4n) is 3.20. The van der Waals surface area contributed by atoms with E-state index in [4.69, 9.17) is 14.2 Å². The molecule has 0 spiro atoms. The Kier molecular flexibility index (Phi) is 7.77. The average Bonchev–Trinajstić information content (AvgIpc) is 2.78. The van der Waals surface area contributed by atoms with Gasteiger partial charge in [0.2, 0.25) is 5.75 Å². The van der Waals surface area contributed by atoms with Gasteiger partial charge in [-0.05, 0) is 30.5 Å². The number of pyridine rings is 1. The lowest BCUT2D eigenvalue weighted by atomic mass is 10.1. The highest BCUT2D eigenvalue weighted by Crippen LogP contribution is 2.35. The molecular weight excluding hydrogens is 378 g/mol. The van der Waals surface area contributed by atoms with Crippen LogP contribution in [0.3, 0.4) is 0 Å². The van der Waals surface area contributed by atoms with Crippen molar-refractivity contribution in [3.05, 3.63) is 64.4 Å². The second-order valence-corrected chi connectivity index (χ2v) is 7.38. The summed E-state index contributed by atoms with van der Waals surface area (Å²) in [6.45, 7) is 5.73. The van der Waals surface area contributed by atoms with Crippen molar-refractivity contribution in [2.45, 2.75) is 46.1 Å². The number of hydrogen-bond donors (Lipinski definition) is 0. The van der Waals surface area contributed by atoms with Crippen molar-refractivity contribution in [1.29, 1.82) is 0 Å². The number of ether oxygens (including phenoxy) is 3. The van der Waals surface area contributed by atoms with Crippen LogP contribution in [-0.2, 0) is 13.7 Å². The zero-order chi connectivity index (χ0) is 21.3. The van der Waals surface area contributed by atoms with Gasteiger partial charge in [-0.2, -0.15) is 0 Å². The topological polar surface area (TPSA) is 49.7 Å². The van der Waals surface area contributed by atoms with Crippen LogP contribution in [0.15, 0.2) is 53.3 Å². The monoisotopic (exact) mass is 409 g/mol. The molecule has 1 heterocycles.